The van der Waals surface area contributed by atoms with E-state index in [1.54, 1.807) is 48.4 Å². The van der Waals surface area contributed by atoms with E-state index in [0.717, 1.165) is 15.8 Å². The number of thiazole rings is 1. The Morgan fingerprint density at radius 2 is 1.55 bits per heavy atom. The van der Waals surface area contributed by atoms with Crippen molar-refractivity contribution in [2.24, 2.45) is 0 Å². The summed E-state index contributed by atoms with van der Waals surface area (Å²) in [5, 5.41) is 0.544. The van der Waals surface area contributed by atoms with Crippen molar-refractivity contribution in [3.8, 4) is 5.75 Å². The molecule has 0 aliphatic rings. The number of carbonyl (C=O) groups excluding carboxylic acids is 1. The molecule has 0 radical (unpaired) electrons. The molecule has 1 aromatic heterocycles. The summed E-state index contributed by atoms with van der Waals surface area (Å²) in [4.78, 5) is 20.2. The number of benzene rings is 4. The first kappa shape index (κ1) is 25.4. The Bertz CT molecular complexity index is 1670. The van der Waals surface area contributed by atoms with Crippen LogP contribution in [0.5, 0.6) is 5.75 Å². The largest absolute Gasteiger partial charge is 0.497 e. The second kappa shape index (κ2) is 10.6. The molecule has 9 heteroatoms. The van der Waals surface area contributed by atoms with Gasteiger partial charge in [0, 0.05) is 18.7 Å². The molecule has 1 heterocycles. The number of carbonyl (C=O) groups is 1. The molecular weight excluding hydrogens is 518 g/mol. The fraction of sp³-hybridized carbons (Fsp3) is 0.103. The molecule has 38 heavy (non-hydrogen) atoms. The van der Waals surface area contributed by atoms with Gasteiger partial charge < -0.3 is 4.74 Å². The summed E-state index contributed by atoms with van der Waals surface area (Å²) < 4.78 is 33.8. The smallest absolute Gasteiger partial charge is 0.264 e. The zero-order chi connectivity index (χ0) is 26.7. The topological polar surface area (TPSA) is 79.8 Å². The molecule has 0 N–H and O–H groups in total. The maximum absolute atomic E-state index is 13.8. The summed E-state index contributed by atoms with van der Waals surface area (Å²) in [5.41, 5.74) is 2.59. The lowest BCUT2D eigenvalue weighted by atomic mass is 10.1. The highest BCUT2D eigenvalue weighted by atomic mass is 32.2. The molecule has 4 aromatic carbocycles. The van der Waals surface area contributed by atoms with Crippen LogP contribution in [0.2, 0.25) is 0 Å². The minimum absolute atomic E-state index is 0.0992. The lowest BCUT2D eigenvalue weighted by Gasteiger charge is -2.21. The number of ether oxygens (including phenoxy) is 1. The van der Waals surface area contributed by atoms with E-state index >= 15 is 0 Å². The second-order valence-corrected chi connectivity index (χ2v) is 11.5. The minimum atomic E-state index is -3.79. The SMILES string of the molecule is COc1ccc2sc(N(Cc3ccccc3)C(=O)c3ccc(S(=O)(=O)N(C)c4ccccc4)cc3)nc2c1. The number of aromatic nitrogens is 1. The first-order chi connectivity index (χ1) is 18.4. The van der Waals surface area contributed by atoms with Gasteiger partial charge in [-0.05, 0) is 54.1 Å². The van der Waals surface area contributed by atoms with E-state index in [-0.39, 0.29) is 10.8 Å². The molecular formula is C29H25N3O4S2. The van der Waals surface area contributed by atoms with Crippen LogP contribution < -0.4 is 13.9 Å². The third-order valence-electron chi connectivity index (χ3n) is 6.12. The van der Waals surface area contributed by atoms with Gasteiger partial charge in [0.25, 0.3) is 15.9 Å². The van der Waals surface area contributed by atoms with Crippen molar-refractivity contribution in [2.45, 2.75) is 11.4 Å². The number of hydrogen-bond donors (Lipinski definition) is 0. The Hall–Kier alpha value is -4.21. The van der Waals surface area contributed by atoms with Gasteiger partial charge >= 0.3 is 0 Å². The van der Waals surface area contributed by atoms with Gasteiger partial charge in [0.1, 0.15) is 5.75 Å². The van der Waals surface area contributed by atoms with E-state index in [4.69, 9.17) is 9.72 Å². The minimum Gasteiger partial charge on any atom is -0.497 e. The predicted octanol–water partition coefficient (Wildman–Crippen LogP) is 5.98. The average Bonchev–Trinajstić information content (AvgIpc) is 3.39. The summed E-state index contributed by atoms with van der Waals surface area (Å²) in [6.07, 6.45) is 0. The van der Waals surface area contributed by atoms with E-state index in [0.29, 0.717) is 28.7 Å². The molecule has 0 unspecified atom stereocenters. The molecule has 0 atom stereocenters. The highest BCUT2D eigenvalue weighted by Gasteiger charge is 2.25. The standard InChI is InChI=1S/C29H25N3O4S2/c1-31(23-11-7-4-8-12-23)38(34,35)25-16-13-22(14-17-25)28(33)32(20-21-9-5-3-6-10-21)29-30-26-19-24(36-2)15-18-27(26)37-29/h3-19H,20H2,1-2H3. The Morgan fingerprint density at radius 1 is 0.895 bits per heavy atom. The number of sulfonamides is 1. The van der Waals surface area contributed by atoms with Crippen molar-refractivity contribution >= 4 is 48.3 Å². The fourth-order valence-electron chi connectivity index (χ4n) is 3.99. The third-order valence-corrected chi connectivity index (χ3v) is 8.98. The van der Waals surface area contributed by atoms with Gasteiger partial charge in [0.05, 0.1) is 34.5 Å². The molecule has 0 saturated heterocycles. The molecule has 192 valence electrons. The molecule has 1 amide bonds. The molecule has 0 bridgehead atoms. The first-order valence-electron chi connectivity index (χ1n) is 11.8. The highest BCUT2D eigenvalue weighted by molar-refractivity contribution is 7.92. The number of amides is 1. The molecule has 0 aliphatic heterocycles. The number of para-hydroxylation sites is 1. The number of fused-ring (bicyclic) bond motifs is 1. The number of hydrogen-bond acceptors (Lipinski definition) is 6. The first-order valence-corrected chi connectivity index (χ1v) is 14.1. The maximum atomic E-state index is 13.8. The van der Waals surface area contributed by atoms with Gasteiger partial charge in [0.15, 0.2) is 5.13 Å². The fourth-order valence-corrected chi connectivity index (χ4v) is 6.13. The van der Waals surface area contributed by atoms with E-state index in [1.807, 2.05) is 54.6 Å². The van der Waals surface area contributed by atoms with Crippen LogP contribution in [0.3, 0.4) is 0 Å². The molecule has 5 rings (SSSR count). The molecule has 5 aromatic rings. The van der Waals surface area contributed by atoms with Gasteiger partial charge in [0.2, 0.25) is 0 Å². The Labute approximate surface area is 225 Å². The number of rotatable bonds is 8. The van der Waals surface area contributed by atoms with Gasteiger partial charge in [-0.25, -0.2) is 13.4 Å². The second-order valence-electron chi connectivity index (χ2n) is 8.54. The summed E-state index contributed by atoms with van der Waals surface area (Å²) in [6.45, 7) is 0.313. The van der Waals surface area contributed by atoms with Crippen molar-refractivity contribution in [1.29, 1.82) is 0 Å². The van der Waals surface area contributed by atoms with Crippen molar-refractivity contribution in [2.75, 3.05) is 23.4 Å². The van der Waals surface area contributed by atoms with Crippen molar-refractivity contribution in [1.82, 2.24) is 4.98 Å². The van der Waals surface area contributed by atoms with Crippen LogP contribution in [-0.4, -0.2) is 33.5 Å². The Morgan fingerprint density at radius 3 is 2.21 bits per heavy atom. The van der Waals surface area contributed by atoms with Crippen LogP contribution in [0.25, 0.3) is 10.2 Å². The van der Waals surface area contributed by atoms with Crippen LogP contribution in [-0.2, 0) is 16.6 Å². The highest BCUT2D eigenvalue weighted by Crippen LogP contribution is 2.33. The Kier molecular flexibility index (Phi) is 7.13. The quantitative estimate of drug-likeness (QED) is 0.241. The van der Waals surface area contributed by atoms with E-state index in [2.05, 4.69) is 0 Å². The lowest BCUT2D eigenvalue weighted by molar-refractivity contribution is 0.0985. The number of methoxy groups -OCH3 is 1. The lowest BCUT2D eigenvalue weighted by Crippen LogP contribution is -2.30. The average molecular weight is 544 g/mol. The maximum Gasteiger partial charge on any atom is 0.264 e. The summed E-state index contributed by atoms with van der Waals surface area (Å²) in [7, 11) is -0.687. The van der Waals surface area contributed by atoms with Crippen LogP contribution >= 0.6 is 11.3 Å². The van der Waals surface area contributed by atoms with Gasteiger partial charge in [-0.1, -0.05) is 59.9 Å². The van der Waals surface area contributed by atoms with E-state index in [9.17, 15) is 13.2 Å². The van der Waals surface area contributed by atoms with E-state index in [1.165, 1.54) is 34.8 Å². The summed E-state index contributed by atoms with van der Waals surface area (Å²) >= 11 is 1.41. The van der Waals surface area contributed by atoms with Crippen molar-refractivity contribution in [3.63, 3.8) is 0 Å². The third kappa shape index (κ3) is 5.11. The zero-order valence-corrected chi connectivity index (χ0v) is 22.4. The predicted molar refractivity (Wildman–Crippen MR) is 152 cm³/mol. The van der Waals surface area contributed by atoms with Crippen LogP contribution in [0.1, 0.15) is 15.9 Å². The van der Waals surface area contributed by atoms with Crippen LogP contribution in [0, 0.1) is 0 Å². The molecule has 0 aliphatic carbocycles. The Balaban J connectivity index is 1.47. The van der Waals surface area contributed by atoms with Gasteiger partial charge in [-0.15, -0.1) is 0 Å². The molecule has 0 saturated carbocycles. The van der Waals surface area contributed by atoms with Crippen molar-refractivity contribution in [3.05, 3.63) is 114 Å². The monoisotopic (exact) mass is 543 g/mol. The molecule has 7 nitrogen and oxygen atoms in total. The zero-order valence-electron chi connectivity index (χ0n) is 20.8. The molecule has 0 spiro atoms. The van der Waals surface area contributed by atoms with Gasteiger partial charge in [-0.3, -0.25) is 14.0 Å². The van der Waals surface area contributed by atoms with Crippen LogP contribution in [0.4, 0.5) is 10.8 Å². The summed E-state index contributed by atoms with van der Waals surface area (Å²) in [6, 6.07) is 30.1. The number of nitrogens with zero attached hydrogens (tertiary/aromatic N) is 3. The van der Waals surface area contributed by atoms with Gasteiger partial charge in [-0.2, -0.15) is 0 Å². The normalized spacial score (nSPS) is 11.3. The molecule has 0 fully saturated rings. The summed E-state index contributed by atoms with van der Waals surface area (Å²) in [5.74, 6) is 0.410. The van der Waals surface area contributed by atoms with Crippen molar-refractivity contribution < 1.29 is 17.9 Å². The van der Waals surface area contributed by atoms with Crippen LogP contribution in [0.15, 0.2) is 108 Å². The number of anilines is 2. The van der Waals surface area contributed by atoms with E-state index < -0.39 is 10.0 Å².